The number of para-hydroxylation sites is 1. The molecule has 5 aromatic rings. The van der Waals surface area contributed by atoms with Gasteiger partial charge in [-0.05, 0) is 80.8 Å². The number of aromatic nitrogens is 4. The number of carbonyl (C=O) groups excluding carboxylic acids is 3. The van der Waals surface area contributed by atoms with Gasteiger partial charge in [-0.1, -0.05) is 57.2 Å². The van der Waals surface area contributed by atoms with Crippen LogP contribution in [-0.2, 0) is 45.0 Å². The van der Waals surface area contributed by atoms with E-state index in [9.17, 15) is 27.9 Å². The van der Waals surface area contributed by atoms with E-state index in [4.69, 9.17) is 18.9 Å². The number of piperazine rings is 1. The molecule has 3 amide bonds. The molecule has 84 heavy (non-hydrogen) atoms. The molecule has 8 rings (SSSR count). The first-order valence-electron chi connectivity index (χ1n) is 29.1. The average Bonchev–Trinajstić information content (AvgIpc) is 3.17. The van der Waals surface area contributed by atoms with Gasteiger partial charge in [0.05, 0.1) is 83.8 Å². The summed E-state index contributed by atoms with van der Waals surface area (Å²) < 4.78 is 49.0. The highest BCUT2D eigenvalue weighted by Gasteiger charge is 2.44. The summed E-state index contributed by atoms with van der Waals surface area (Å²) in [6.07, 6.45) is 3.76. The van der Waals surface area contributed by atoms with Crippen molar-refractivity contribution in [2.24, 2.45) is 5.41 Å². The summed E-state index contributed by atoms with van der Waals surface area (Å²) in [6.45, 7) is 20.5. The minimum absolute atomic E-state index is 0.000602. The molecule has 3 atom stereocenters. The second-order valence-corrected chi connectivity index (χ2v) is 26.2. The number of nitrogens with zero attached hydrogens (tertiary/aromatic N) is 8. The number of ether oxygens (including phenoxy) is 4. The molecule has 456 valence electrons. The van der Waals surface area contributed by atoms with E-state index in [0.29, 0.717) is 56.2 Å². The number of rotatable bonds is 28. The third-order valence-corrected chi connectivity index (χ3v) is 18.7. The van der Waals surface area contributed by atoms with Crippen LogP contribution in [0.4, 0.5) is 29.0 Å². The monoisotopic (exact) mass is 1200 g/mol. The Kier molecular flexibility index (Phi) is 22.8. The summed E-state index contributed by atoms with van der Waals surface area (Å²) in [5.74, 6) is 0.0130. The Balaban J connectivity index is 0.651. The van der Waals surface area contributed by atoms with Crippen LogP contribution in [0.3, 0.4) is 0 Å². The van der Waals surface area contributed by atoms with Crippen LogP contribution in [0.1, 0.15) is 78.0 Å². The van der Waals surface area contributed by atoms with Crippen molar-refractivity contribution < 1.29 is 46.9 Å². The zero-order valence-corrected chi connectivity index (χ0v) is 51.2. The van der Waals surface area contributed by atoms with E-state index in [2.05, 4.69) is 62.0 Å². The van der Waals surface area contributed by atoms with E-state index in [1.54, 1.807) is 56.6 Å². The molecule has 1 unspecified atom stereocenters. The van der Waals surface area contributed by atoms with Crippen molar-refractivity contribution in [1.29, 1.82) is 0 Å². The second-order valence-electron chi connectivity index (χ2n) is 22.8. The highest BCUT2D eigenvalue weighted by atomic mass is 32.2. The molecule has 3 saturated heterocycles. The van der Waals surface area contributed by atoms with E-state index in [0.717, 1.165) is 92.5 Å². The predicted molar refractivity (Wildman–Crippen MR) is 325 cm³/mol. The lowest BCUT2D eigenvalue weighted by Gasteiger charge is -2.43. The number of aryl methyl sites for hydroxylation is 1. The summed E-state index contributed by atoms with van der Waals surface area (Å²) in [5, 5.41) is 22.1. The molecule has 5 heterocycles. The zero-order valence-electron chi connectivity index (χ0n) is 49.6. The van der Waals surface area contributed by atoms with Crippen LogP contribution in [-0.4, -0.2) is 194 Å². The number of carbonyl (C=O) groups is 3. The van der Waals surface area contributed by atoms with Gasteiger partial charge in [-0.25, -0.2) is 23.4 Å². The number of thiazole rings is 1. The quantitative estimate of drug-likeness (QED) is 0.0349. The summed E-state index contributed by atoms with van der Waals surface area (Å²) in [6, 6.07) is 19.4. The number of amides is 3. The fourth-order valence-corrected chi connectivity index (χ4v) is 12.7. The number of anilines is 5. The maximum atomic E-state index is 14.0. The first-order chi connectivity index (χ1) is 40.4. The number of likely N-dealkylation sites (tertiary alicyclic amines) is 1. The van der Waals surface area contributed by atoms with E-state index < -0.39 is 44.6 Å². The van der Waals surface area contributed by atoms with Gasteiger partial charge in [0.25, 0.3) is 0 Å². The lowest BCUT2D eigenvalue weighted by Crippen LogP contribution is -2.57. The van der Waals surface area contributed by atoms with Gasteiger partial charge in [0.1, 0.15) is 24.2 Å². The highest BCUT2D eigenvalue weighted by Crippen LogP contribution is 2.35. The number of aliphatic hydroxyl groups is 1. The Morgan fingerprint density at radius 3 is 2.14 bits per heavy atom. The second kappa shape index (κ2) is 30.1. The summed E-state index contributed by atoms with van der Waals surface area (Å²) in [5.41, 5.74) is 6.23. The minimum atomic E-state index is -3.54. The zero-order chi connectivity index (χ0) is 59.8. The van der Waals surface area contributed by atoms with E-state index in [-0.39, 0.29) is 61.1 Å². The molecule has 0 spiro atoms. The molecule has 22 nitrogen and oxygen atoms in total. The van der Waals surface area contributed by atoms with Crippen molar-refractivity contribution >= 4 is 67.9 Å². The average molecular weight is 1200 g/mol. The van der Waals surface area contributed by atoms with Crippen LogP contribution in [0.5, 0.6) is 5.75 Å². The number of methoxy groups -OCH3 is 1. The predicted octanol–water partition coefficient (Wildman–Crippen LogP) is 6.21. The van der Waals surface area contributed by atoms with Gasteiger partial charge in [-0.15, -0.1) is 11.3 Å². The summed E-state index contributed by atoms with van der Waals surface area (Å²) in [7, 11) is -1.91. The van der Waals surface area contributed by atoms with Crippen molar-refractivity contribution in [3.8, 4) is 16.2 Å². The largest absolute Gasteiger partial charge is 0.494 e. The molecule has 3 aliphatic rings. The number of β-amino-alcohol motifs (C(OH)–C–C–N with tert-alkyl or cyclic N) is 1. The molecule has 0 bridgehead atoms. The maximum absolute atomic E-state index is 14.0. The SMILES string of the molecule is COc1cc(N2CCC(N3CCN(CCCOCCOCCOCCC(=O)NC(C(=O)N4C[C@H](O)C[C@H]4C(=O)NCc4ccc(-c5scnc5C)cc4)C(C)(C)C)CC3)CC2)ccc1Nc1ncnc(Nc2ccccc2S(=O)(=O)C(C)C)n1. The Hall–Kier alpha value is -6.38. The number of aliphatic hydroxyl groups excluding tert-OH is 1. The molecule has 0 radical (unpaired) electrons. The number of hydrogen-bond acceptors (Lipinski definition) is 20. The van der Waals surface area contributed by atoms with Gasteiger partial charge in [0, 0.05) is 96.1 Å². The lowest BCUT2D eigenvalue weighted by atomic mass is 9.85. The Morgan fingerprint density at radius 2 is 1.49 bits per heavy atom. The number of sulfone groups is 1. The van der Waals surface area contributed by atoms with Gasteiger partial charge < -0.3 is 60.0 Å². The number of nitrogens with one attached hydrogen (secondary N) is 4. The molecular formula is C60H84N12O10S2. The molecule has 3 aromatic carbocycles. The van der Waals surface area contributed by atoms with Gasteiger partial charge in [-0.3, -0.25) is 19.3 Å². The van der Waals surface area contributed by atoms with Gasteiger partial charge in [0.15, 0.2) is 9.84 Å². The molecule has 5 N–H and O–H groups in total. The molecule has 3 fully saturated rings. The van der Waals surface area contributed by atoms with E-state index in [1.807, 2.05) is 69.6 Å². The standard InChI is InChI=1S/C60H84N12O10S2/c1-41(2)84(77,78)52-12-9-8-11-49(52)66-59-63-39-62-58(68-59)65-48-18-17-46(35-51(48)79-7)70-23-19-45(20-24-70)71-27-25-69(26-28-71)22-10-29-80-31-33-82-34-32-81-30-21-53(74)67-55(60(4,5)6)57(76)72-38-47(73)36-50(72)56(75)61-37-43-13-15-44(16-14-43)54-42(3)64-40-83-54/h8-9,11-18,35,39-41,45,47,50,55,73H,10,19-34,36-38H2,1-7H3,(H,61,75)(H,67,74)(H2,62,63,65,66,68)/t47-,50+,55?/m1/s1. The van der Waals surface area contributed by atoms with E-state index >= 15 is 0 Å². The fourth-order valence-electron chi connectivity index (χ4n) is 10.7. The number of benzene rings is 3. The number of piperidine rings is 1. The first-order valence-corrected chi connectivity index (χ1v) is 31.5. The maximum Gasteiger partial charge on any atom is 0.246 e. The minimum Gasteiger partial charge on any atom is -0.494 e. The summed E-state index contributed by atoms with van der Waals surface area (Å²) in [4.78, 5) is 68.2. The van der Waals surface area contributed by atoms with Crippen molar-refractivity contribution in [3.63, 3.8) is 0 Å². The van der Waals surface area contributed by atoms with Gasteiger partial charge in [-0.2, -0.15) is 4.98 Å². The van der Waals surface area contributed by atoms with Crippen LogP contribution in [0.15, 0.2) is 83.5 Å². The van der Waals surface area contributed by atoms with Crippen molar-refractivity contribution in [2.45, 2.75) is 115 Å². The molecule has 3 aliphatic heterocycles. The van der Waals surface area contributed by atoms with Crippen LogP contribution in [0, 0.1) is 12.3 Å². The summed E-state index contributed by atoms with van der Waals surface area (Å²) >= 11 is 1.58. The van der Waals surface area contributed by atoms with Gasteiger partial charge in [0.2, 0.25) is 29.6 Å². The van der Waals surface area contributed by atoms with E-state index in [1.165, 1.54) is 11.2 Å². The van der Waals surface area contributed by atoms with Gasteiger partial charge >= 0.3 is 0 Å². The van der Waals surface area contributed by atoms with Crippen molar-refractivity contribution in [2.75, 3.05) is 115 Å². The van der Waals surface area contributed by atoms with Crippen LogP contribution in [0.25, 0.3) is 10.4 Å². The smallest absolute Gasteiger partial charge is 0.246 e. The Morgan fingerprint density at radius 1 is 0.821 bits per heavy atom. The molecule has 24 heteroatoms. The van der Waals surface area contributed by atoms with Crippen LogP contribution >= 0.6 is 11.3 Å². The topological polar surface area (TPSA) is 255 Å². The molecule has 0 saturated carbocycles. The first kappa shape index (κ1) is 63.6. The van der Waals surface area contributed by atoms with Crippen LogP contribution < -0.4 is 30.9 Å². The third kappa shape index (κ3) is 17.4. The molecule has 2 aromatic heterocycles. The Bertz CT molecular complexity index is 3060. The third-order valence-electron chi connectivity index (χ3n) is 15.5. The van der Waals surface area contributed by atoms with Crippen molar-refractivity contribution in [3.05, 3.63) is 89.8 Å². The Labute approximate surface area is 498 Å². The van der Waals surface area contributed by atoms with Crippen LogP contribution in [0.2, 0.25) is 0 Å². The lowest BCUT2D eigenvalue weighted by molar-refractivity contribution is -0.144. The fraction of sp³-hybridized carbons (Fsp3) is 0.550. The van der Waals surface area contributed by atoms with Crippen molar-refractivity contribution in [1.82, 2.24) is 45.3 Å². The molecule has 0 aliphatic carbocycles. The number of hydrogen-bond donors (Lipinski definition) is 5. The normalized spacial score (nSPS) is 17.8. The molecular weight excluding hydrogens is 1110 g/mol. The highest BCUT2D eigenvalue weighted by molar-refractivity contribution is 7.92.